The molecule has 690 valence electrons. The van der Waals surface area contributed by atoms with Gasteiger partial charge in [-0.15, -0.1) is 0 Å². The number of hydrogen-bond donors (Lipinski definition) is 2. The number of carboxylic acid groups (broad SMARTS) is 4. The zero-order valence-electron chi connectivity index (χ0n) is 80.4. The summed E-state index contributed by atoms with van der Waals surface area (Å²) in [6.45, 7) is 7.77. The van der Waals surface area contributed by atoms with Gasteiger partial charge in [0.25, 0.3) is 0 Å². The topological polar surface area (TPSA) is 161 Å². The molecule has 0 rings (SSSR count). The molecule has 0 aromatic heterocycles. The van der Waals surface area contributed by atoms with E-state index in [2.05, 4.69) is 9.80 Å². The number of rotatable bonds is 107. The first-order valence-electron chi connectivity index (χ1n) is 53.5. The van der Waals surface area contributed by atoms with E-state index in [4.69, 9.17) is 10.2 Å². The summed E-state index contributed by atoms with van der Waals surface area (Å²) in [7, 11) is 0. The standard InChI is InChI=1S/C106H208N2O8.2Na/c109-103(110)93-85-77-69-61-53-45-37-29-21-13-5-1-9-17-25-33-41-49-57-65-73-81-89-97-107(98-90-82-74-66-58-50-42-34-26-18-10-2-6-14-22-30-38-46-54-62-70-78-86-94-104(111)112)101-102-108(99-91-83-75-67-59-51-43-35-27-19-11-3-7-15-23-31-39-47-55-63-71-79-87-95-105(113)114)100-92-84-76-68-60-52-44-36-28-20-12-4-8-16-24-32-40-48-56-64-72-80-88-96-106(115)116;;/h1-102H2,(H,109,110)(H,111,112)(H,113,114)(H,115,116);;/q;2*+1/p-2. The van der Waals surface area contributed by atoms with Crippen molar-refractivity contribution in [3.63, 3.8) is 0 Å². The van der Waals surface area contributed by atoms with Gasteiger partial charge >= 0.3 is 71.1 Å². The Bertz CT molecular complexity index is 1650. The first-order valence-corrected chi connectivity index (χ1v) is 53.5. The summed E-state index contributed by atoms with van der Waals surface area (Å²) in [5.74, 6) is -3.10. The summed E-state index contributed by atoms with van der Waals surface area (Å²) in [6.07, 6.45) is 126. The third kappa shape index (κ3) is 112. The van der Waals surface area contributed by atoms with Crippen LogP contribution in [0.25, 0.3) is 0 Å². The van der Waals surface area contributed by atoms with Crippen LogP contribution in [0.1, 0.15) is 616 Å². The molecule has 0 aromatic rings. The van der Waals surface area contributed by atoms with Crippen molar-refractivity contribution in [1.29, 1.82) is 0 Å². The van der Waals surface area contributed by atoms with Crippen LogP contribution < -0.4 is 69.3 Å². The van der Waals surface area contributed by atoms with Crippen LogP contribution in [-0.2, 0) is 19.2 Å². The van der Waals surface area contributed by atoms with Crippen molar-refractivity contribution in [3.05, 3.63) is 0 Å². The van der Waals surface area contributed by atoms with Gasteiger partial charge in [-0.2, -0.15) is 0 Å². The van der Waals surface area contributed by atoms with Gasteiger partial charge in [-0.1, -0.05) is 539 Å². The third-order valence-electron chi connectivity index (χ3n) is 26.2. The van der Waals surface area contributed by atoms with Crippen LogP contribution in [0.3, 0.4) is 0 Å². The quantitative estimate of drug-likeness (QED) is 0.0443. The van der Waals surface area contributed by atoms with E-state index in [-0.39, 0.29) is 72.0 Å². The second kappa shape index (κ2) is 109. The summed E-state index contributed by atoms with van der Waals surface area (Å²) in [4.78, 5) is 48.4. The number of carbonyl (C=O) groups excluding carboxylic acids is 2. The molecular formula is C106H206N2Na2O8. The second-order valence-electron chi connectivity index (χ2n) is 37.7. The minimum atomic E-state index is -0.901. The Balaban J connectivity index is -0.0000661. The third-order valence-corrected chi connectivity index (χ3v) is 26.2. The van der Waals surface area contributed by atoms with Crippen LogP contribution in [0.5, 0.6) is 0 Å². The van der Waals surface area contributed by atoms with Crippen molar-refractivity contribution >= 4 is 23.9 Å². The van der Waals surface area contributed by atoms with Crippen LogP contribution in [0.15, 0.2) is 0 Å². The smallest absolute Gasteiger partial charge is 0.550 e. The summed E-state index contributed by atoms with van der Waals surface area (Å²) < 4.78 is 0. The van der Waals surface area contributed by atoms with Crippen molar-refractivity contribution < 1.29 is 98.7 Å². The molecule has 0 aromatic carbocycles. The molecule has 0 bridgehead atoms. The zero-order chi connectivity index (χ0) is 83.6. The predicted octanol–water partition coefficient (Wildman–Crippen LogP) is 26.7. The summed E-state index contributed by atoms with van der Waals surface area (Å²) in [5, 5.41) is 38.8. The van der Waals surface area contributed by atoms with Gasteiger partial charge in [0.05, 0.1) is 0 Å². The number of hydrogen-bond acceptors (Lipinski definition) is 8. The van der Waals surface area contributed by atoms with Gasteiger partial charge in [0.2, 0.25) is 0 Å². The molecule has 0 radical (unpaired) electrons. The van der Waals surface area contributed by atoms with Gasteiger partial charge in [0.1, 0.15) is 0 Å². The normalized spacial score (nSPS) is 11.6. The van der Waals surface area contributed by atoms with Gasteiger partial charge in [0.15, 0.2) is 0 Å². The number of unbranched alkanes of at least 4 members (excludes halogenated alkanes) is 88. The Morgan fingerprint density at radius 3 is 0.314 bits per heavy atom. The number of aliphatic carboxylic acids is 4. The molecule has 10 nitrogen and oxygen atoms in total. The number of carboxylic acids is 4. The molecule has 0 aliphatic heterocycles. The average Bonchev–Trinajstić information content (AvgIpc) is 0.957. The maximum atomic E-state index is 10.7. The van der Waals surface area contributed by atoms with Crippen molar-refractivity contribution in [2.75, 3.05) is 39.3 Å². The Kier molecular flexibility index (Phi) is 113. The van der Waals surface area contributed by atoms with Gasteiger partial charge in [-0.3, -0.25) is 9.59 Å². The average molecular weight is 1680 g/mol. The fraction of sp³-hybridized carbons (Fsp3) is 0.962. The first kappa shape index (κ1) is 122. The fourth-order valence-corrected chi connectivity index (χ4v) is 18.2. The van der Waals surface area contributed by atoms with Gasteiger partial charge in [0, 0.05) is 37.9 Å². The Morgan fingerprint density at radius 2 is 0.220 bits per heavy atom. The molecule has 0 spiro atoms. The second-order valence-corrected chi connectivity index (χ2v) is 37.7. The molecule has 0 heterocycles. The summed E-state index contributed by atoms with van der Waals surface area (Å²) in [6, 6.07) is 0. The molecule has 0 atom stereocenters. The van der Waals surface area contributed by atoms with Crippen LogP contribution in [0.2, 0.25) is 0 Å². The van der Waals surface area contributed by atoms with Gasteiger partial charge in [-0.25, -0.2) is 0 Å². The van der Waals surface area contributed by atoms with E-state index >= 15 is 0 Å². The van der Waals surface area contributed by atoms with E-state index in [1.165, 1.54) is 579 Å². The molecule has 0 unspecified atom stereocenters. The van der Waals surface area contributed by atoms with Crippen molar-refractivity contribution in [2.45, 2.75) is 616 Å². The molecule has 0 saturated carbocycles. The molecule has 118 heavy (non-hydrogen) atoms. The minimum absolute atomic E-state index is 0. The molecule has 0 aliphatic carbocycles. The molecule has 0 saturated heterocycles. The minimum Gasteiger partial charge on any atom is -0.550 e. The molecule has 0 fully saturated rings. The van der Waals surface area contributed by atoms with Crippen molar-refractivity contribution in [2.24, 2.45) is 0 Å². The molecule has 2 N–H and O–H groups in total. The van der Waals surface area contributed by atoms with E-state index < -0.39 is 23.9 Å². The van der Waals surface area contributed by atoms with Crippen molar-refractivity contribution in [1.82, 2.24) is 9.80 Å². The number of nitrogens with zero attached hydrogens (tertiary/aromatic N) is 2. The van der Waals surface area contributed by atoms with Crippen LogP contribution >= 0.6 is 0 Å². The van der Waals surface area contributed by atoms with E-state index in [9.17, 15) is 29.4 Å². The summed E-state index contributed by atoms with van der Waals surface area (Å²) >= 11 is 0. The molecular weight excluding hydrogens is 1480 g/mol. The first-order chi connectivity index (χ1) is 57.2. The maximum Gasteiger partial charge on any atom is 1.00 e. The van der Waals surface area contributed by atoms with Crippen LogP contribution in [0, 0.1) is 0 Å². The zero-order valence-corrected chi connectivity index (χ0v) is 84.4. The van der Waals surface area contributed by atoms with E-state index in [0.717, 1.165) is 51.4 Å². The Morgan fingerprint density at radius 1 is 0.136 bits per heavy atom. The van der Waals surface area contributed by atoms with E-state index in [1.54, 1.807) is 0 Å². The van der Waals surface area contributed by atoms with Crippen LogP contribution in [-0.4, -0.2) is 83.2 Å². The molecule has 12 heteroatoms. The number of carbonyl (C=O) groups is 4. The maximum absolute atomic E-state index is 10.7. The molecule has 0 aliphatic rings. The van der Waals surface area contributed by atoms with Gasteiger partial charge in [-0.05, 0) is 90.4 Å². The Labute approximate surface area is 781 Å². The van der Waals surface area contributed by atoms with Crippen molar-refractivity contribution in [3.8, 4) is 0 Å². The molecule has 0 amide bonds. The largest absolute Gasteiger partial charge is 1.00 e. The summed E-state index contributed by atoms with van der Waals surface area (Å²) in [5.41, 5.74) is 0. The van der Waals surface area contributed by atoms with Crippen LogP contribution in [0.4, 0.5) is 0 Å². The van der Waals surface area contributed by atoms with E-state index in [0.29, 0.717) is 12.8 Å². The van der Waals surface area contributed by atoms with Gasteiger partial charge < -0.3 is 39.8 Å². The predicted molar refractivity (Wildman–Crippen MR) is 501 cm³/mol. The SMILES string of the molecule is O=C([O-])CCCCCCCCCCCCCCCCCCCCCCCCCN(CCCCCCCCCCCCCCCCCCCCCCCCCC(=O)[O-])CCN(CCCCCCCCCCCCCCCCCCCCCCCCCC(=O)O)CCCCCCCCCCCCCCCCCCCCCCCCCC(=O)O.[Na+].[Na+]. The fourth-order valence-electron chi connectivity index (χ4n) is 18.2. The Hall–Kier alpha value is -0.200. The monoisotopic (exact) mass is 1680 g/mol. The van der Waals surface area contributed by atoms with E-state index in [1.807, 2.05) is 0 Å².